The van der Waals surface area contributed by atoms with Gasteiger partial charge in [-0.25, -0.2) is 0 Å². The number of nitrogens with zero attached hydrogens (tertiary/aromatic N) is 2. The first kappa shape index (κ1) is 19.5. The van der Waals surface area contributed by atoms with Crippen molar-refractivity contribution >= 4 is 57.5 Å². The first-order chi connectivity index (χ1) is 12.5. The van der Waals surface area contributed by atoms with Gasteiger partial charge in [0.1, 0.15) is 10.4 Å². The molecular formula is C18H22N2O3S3. The van der Waals surface area contributed by atoms with Gasteiger partial charge in [-0.15, -0.1) is 11.3 Å². The summed E-state index contributed by atoms with van der Waals surface area (Å²) in [5.41, 5.74) is 0. The van der Waals surface area contributed by atoms with Crippen LogP contribution in [0.5, 0.6) is 0 Å². The molecule has 1 aromatic rings. The third-order valence-electron chi connectivity index (χ3n) is 4.76. The second kappa shape index (κ2) is 8.65. The van der Waals surface area contributed by atoms with Crippen molar-refractivity contribution in [3.05, 3.63) is 27.3 Å². The third-order valence-corrected chi connectivity index (χ3v) is 6.91. The Labute approximate surface area is 167 Å². The first-order valence-corrected chi connectivity index (χ1v) is 10.8. The van der Waals surface area contributed by atoms with Gasteiger partial charge in [0.15, 0.2) is 0 Å². The van der Waals surface area contributed by atoms with Crippen LogP contribution in [0.25, 0.3) is 6.08 Å². The van der Waals surface area contributed by atoms with Gasteiger partial charge in [-0.3, -0.25) is 14.5 Å². The SMILES string of the molecule is CC(C(=O)N1CCCCC1CCO)N1C(=O)/C(=C/c2cccs2)SC1=S. The number of hydrogen-bond acceptors (Lipinski definition) is 6. The molecule has 2 aliphatic rings. The lowest BCUT2D eigenvalue weighted by atomic mass is 9.98. The molecule has 2 atom stereocenters. The lowest BCUT2D eigenvalue weighted by Gasteiger charge is -2.38. The molecule has 5 nitrogen and oxygen atoms in total. The van der Waals surface area contributed by atoms with Gasteiger partial charge in [0.25, 0.3) is 5.91 Å². The highest BCUT2D eigenvalue weighted by Crippen LogP contribution is 2.35. The molecule has 2 unspecified atom stereocenters. The molecule has 0 bridgehead atoms. The molecule has 0 aromatic carbocycles. The van der Waals surface area contributed by atoms with Crippen LogP contribution in [0.3, 0.4) is 0 Å². The number of thioether (sulfide) groups is 1. The maximum atomic E-state index is 13.0. The number of thiocarbonyl (C=S) groups is 1. The largest absolute Gasteiger partial charge is 0.396 e. The van der Waals surface area contributed by atoms with Crippen LogP contribution in [0, 0.1) is 0 Å². The van der Waals surface area contributed by atoms with Crippen LogP contribution in [-0.4, -0.2) is 56.3 Å². The lowest BCUT2D eigenvalue weighted by Crippen LogP contribution is -2.53. The van der Waals surface area contributed by atoms with Crippen molar-refractivity contribution < 1.29 is 14.7 Å². The van der Waals surface area contributed by atoms with Gasteiger partial charge in [0.2, 0.25) is 5.91 Å². The number of hydrogen-bond donors (Lipinski definition) is 1. The summed E-state index contributed by atoms with van der Waals surface area (Å²) in [5.74, 6) is -0.290. The van der Waals surface area contributed by atoms with Gasteiger partial charge in [0, 0.05) is 24.1 Å². The van der Waals surface area contributed by atoms with Gasteiger partial charge < -0.3 is 10.0 Å². The summed E-state index contributed by atoms with van der Waals surface area (Å²) in [6, 6.07) is 3.29. The number of piperidine rings is 1. The zero-order chi connectivity index (χ0) is 18.7. The molecule has 1 aromatic heterocycles. The average molecular weight is 411 g/mol. The quantitative estimate of drug-likeness (QED) is 0.597. The van der Waals surface area contributed by atoms with Crippen LogP contribution in [-0.2, 0) is 9.59 Å². The second-order valence-electron chi connectivity index (χ2n) is 6.44. The number of amides is 2. The van der Waals surface area contributed by atoms with Crippen LogP contribution in [0.1, 0.15) is 37.5 Å². The summed E-state index contributed by atoms with van der Waals surface area (Å²) < 4.78 is 0.425. The number of thiophene rings is 1. The Hall–Kier alpha value is -1.22. The Kier molecular flexibility index (Phi) is 6.50. The molecule has 0 aliphatic carbocycles. The third kappa shape index (κ3) is 4.03. The van der Waals surface area contributed by atoms with E-state index in [1.165, 1.54) is 16.7 Å². The molecule has 0 spiro atoms. The maximum absolute atomic E-state index is 13.0. The highest BCUT2D eigenvalue weighted by molar-refractivity contribution is 8.26. The molecule has 140 valence electrons. The second-order valence-corrected chi connectivity index (χ2v) is 9.09. The van der Waals surface area contributed by atoms with E-state index in [4.69, 9.17) is 12.2 Å². The predicted molar refractivity (Wildman–Crippen MR) is 110 cm³/mol. The molecule has 0 saturated carbocycles. The van der Waals surface area contributed by atoms with Gasteiger partial charge in [-0.2, -0.15) is 0 Å². The monoisotopic (exact) mass is 410 g/mol. The van der Waals surface area contributed by atoms with Crippen LogP contribution in [0.15, 0.2) is 22.4 Å². The predicted octanol–water partition coefficient (Wildman–Crippen LogP) is 3.10. The van der Waals surface area contributed by atoms with E-state index in [1.807, 2.05) is 28.5 Å². The molecule has 1 N–H and O–H groups in total. The molecule has 2 aliphatic heterocycles. The van der Waals surface area contributed by atoms with E-state index in [2.05, 4.69) is 0 Å². The Morgan fingerprint density at radius 2 is 2.31 bits per heavy atom. The molecule has 26 heavy (non-hydrogen) atoms. The molecule has 2 saturated heterocycles. The van der Waals surface area contributed by atoms with Crippen LogP contribution < -0.4 is 0 Å². The van der Waals surface area contributed by atoms with Crippen molar-refractivity contribution in [2.75, 3.05) is 13.2 Å². The topological polar surface area (TPSA) is 60.9 Å². The Balaban J connectivity index is 1.76. The number of likely N-dealkylation sites (tertiary alicyclic amines) is 1. The Morgan fingerprint density at radius 3 is 3.00 bits per heavy atom. The van der Waals surface area contributed by atoms with Crippen molar-refractivity contribution in [1.29, 1.82) is 0 Å². The standard InChI is InChI=1S/C18H22N2O3S3/c1-12(16(22)19-8-3-2-5-13(19)7-9-21)20-17(23)15(26-18(20)24)11-14-6-4-10-25-14/h4,6,10-13,21H,2-3,5,7-9H2,1H3/b15-11-. The highest BCUT2D eigenvalue weighted by Gasteiger charge is 2.41. The van der Waals surface area contributed by atoms with Crippen LogP contribution >= 0.6 is 35.3 Å². The minimum Gasteiger partial charge on any atom is -0.396 e. The van der Waals surface area contributed by atoms with Crippen LogP contribution in [0.2, 0.25) is 0 Å². The number of aliphatic hydroxyl groups is 1. The van der Waals surface area contributed by atoms with Crippen molar-refractivity contribution in [2.24, 2.45) is 0 Å². The highest BCUT2D eigenvalue weighted by atomic mass is 32.2. The molecule has 0 radical (unpaired) electrons. The zero-order valence-corrected chi connectivity index (χ0v) is 17.0. The lowest BCUT2D eigenvalue weighted by molar-refractivity contribution is -0.142. The zero-order valence-electron chi connectivity index (χ0n) is 14.6. The van der Waals surface area contributed by atoms with E-state index >= 15 is 0 Å². The van der Waals surface area contributed by atoms with E-state index in [9.17, 15) is 14.7 Å². The molecule has 2 fully saturated rings. The van der Waals surface area contributed by atoms with E-state index in [1.54, 1.807) is 18.3 Å². The minimum atomic E-state index is -0.629. The van der Waals surface area contributed by atoms with Crippen molar-refractivity contribution in [3.63, 3.8) is 0 Å². The number of rotatable bonds is 5. The fraction of sp³-hybridized carbons (Fsp3) is 0.500. The summed E-state index contributed by atoms with van der Waals surface area (Å²) in [7, 11) is 0. The van der Waals surface area contributed by atoms with E-state index in [-0.39, 0.29) is 24.5 Å². The van der Waals surface area contributed by atoms with Crippen molar-refractivity contribution in [3.8, 4) is 0 Å². The Morgan fingerprint density at radius 1 is 1.50 bits per heavy atom. The van der Waals surface area contributed by atoms with E-state index in [0.29, 0.717) is 22.2 Å². The summed E-state index contributed by atoms with van der Waals surface area (Å²) in [4.78, 5) is 30.7. The molecule has 2 amide bonds. The molecule has 3 rings (SSSR count). The summed E-state index contributed by atoms with van der Waals surface area (Å²) in [6.07, 6.45) is 5.33. The molecule has 3 heterocycles. The smallest absolute Gasteiger partial charge is 0.266 e. The van der Waals surface area contributed by atoms with Crippen molar-refractivity contribution in [2.45, 2.75) is 44.7 Å². The number of aliphatic hydroxyl groups excluding tert-OH is 1. The summed E-state index contributed by atoms with van der Waals surface area (Å²) >= 11 is 8.19. The van der Waals surface area contributed by atoms with Gasteiger partial charge in [0.05, 0.1) is 4.91 Å². The average Bonchev–Trinajstić information content (AvgIpc) is 3.23. The fourth-order valence-electron chi connectivity index (χ4n) is 3.41. The normalized spacial score (nSPS) is 23.8. The van der Waals surface area contributed by atoms with E-state index in [0.717, 1.165) is 24.1 Å². The molecule has 8 heteroatoms. The van der Waals surface area contributed by atoms with Gasteiger partial charge in [-0.05, 0) is 50.1 Å². The van der Waals surface area contributed by atoms with Crippen molar-refractivity contribution in [1.82, 2.24) is 9.80 Å². The first-order valence-electron chi connectivity index (χ1n) is 8.75. The number of carbonyl (C=O) groups excluding carboxylic acids is 2. The number of carbonyl (C=O) groups is 2. The minimum absolute atomic E-state index is 0.0451. The maximum Gasteiger partial charge on any atom is 0.266 e. The van der Waals surface area contributed by atoms with Gasteiger partial charge in [-0.1, -0.05) is 30.0 Å². The summed E-state index contributed by atoms with van der Waals surface area (Å²) in [5, 5.41) is 11.2. The van der Waals surface area contributed by atoms with E-state index < -0.39 is 6.04 Å². The Bertz CT molecular complexity index is 715. The molecular weight excluding hydrogens is 388 g/mol. The van der Waals surface area contributed by atoms with Crippen LogP contribution in [0.4, 0.5) is 0 Å². The summed E-state index contributed by atoms with van der Waals surface area (Å²) in [6.45, 7) is 2.48. The fourth-order valence-corrected chi connectivity index (χ4v) is 5.55. The van der Waals surface area contributed by atoms with Gasteiger partial charge >= 0.3 is 0 Å².